The summed E-state index contributed by atoms with van der Waals surface area (Å²) in [5, 5.41) is 2.34. The number of amides is 3. The molecule has 2 aromatic carbocycles. The van der Waals surface area contributed by atoms with Gasteiger partial charge in [0.15, 0.2) is 24.0 Å². The van der Waals surface area contributed by atoms with E-state index in [-0.39, 0.29) is 46.7 Å². The lowest BCUT2D eigenvalue weighted by Crippen LogP contribution is -2.55. The Hall–Kier alpha value is -3.08. The first kappa shape index (κ1) is 36.1. The van der Waals surface area contributed by atoms with Crippen molar-refractivity contribution in [2.45, 2.75) is 43.6 Å². The van der Waals surface area contributed by atoms with E-state index >= 15 is 0 Å². The van der Waals surface area contributed by atoms with E-state index in [9.17, 15) is 31.6 Å². The molecule has 0 fully saturated rings. The maximum atomic E-state index is 13.9. The predicted molar refractivity (Wildman–Crippen MR) is 153 cm³/mol. The highest BCUT2D eigenvalue weighted by Crippen LogP contribution is 2.24. The van der Waals surface area contributed by atoms with Crippen molar-refractivity contribution in [1.29, 1.82) is 0 Å². The van der Waals surface area contributed by atoms with Crippen molar-refractivity contribution in [3.8, 4) is 0 Å². The van der Waals surface area contributed by atoms with Crippen LogP contribution in [-0.2, 0) is 40.2 Å². The normalized spacial score (nSPS) is 12.9. The van der Waals surface area contributed by atoms with Gasteiger partial charge in [-0.3, -0.25) is 9.59 Å². The molecule has 0 aliphatic rings. The lowest BCUT2D eigenvalue weighted by Gasteiger charge is -2.29. The number of benzene rings is 2. The van der Waals surface area contributed by atoms with Crippen molar-refractivity contribution in [1.82, 2.24) is 14.9 Å². The zero-order valence-electron chi connectivity index (χ0n) is 23.4. The van der Waals surface area contributed by atoms with Crippen LogP contribution in [-0.4, -0.2) is 83.0 Å². The van der Waals surface area contributed by atoms with Crippen molar-refractivity contribution < 1.29 is 45.8 Å². The molecule has 0 aliphatic heterocycles. The Morgan fingerprint density at radius 2 is 1.67 bits per heavy atom. The van der Waals surface area contributed by atoms with Crippen LogP contribution in [0.15, 0.2) is 41.3 Å². The molecule has 0 aromatic heterocycles. The summed E-state index contributed by atoms with van der Waals surface area (Å²) in [5.41, 5.74) is 5.23. The zero-order chi connectivity index (χ0) is 32.3. The summed E-state index contributed by atoms with van der Waals surface area (Å²) in [6, 6.07) is 5.09. The minimum absolute atomic E-state index is 0.0620. The monoisotopic (exact) mass is 668 g/mol. The number of nitrogens with two attached hydrogens (primary N) is 1. The Morgan fingerprint density at radius 1 is 1.02 bits per heavy atom. The molecule has 0 saturated carbocycles. The van der Waals surface area contributed by atoms with Crippen molar-refractivity contribution in [3.05, 3.63) is 63.6 Å². The Bertz CT molecular complexity index is 1400. The number of primary amides is 1. The molecule has 0 radical (unpaired) electrons. The number of hydrogen-bond acceptors (Lipinski definition) is 8. The average Bonchev–Trinajstić information content (AvgIpc) is 2.92. The van der Waals surface area contributed by atoms with Crippen LogP contribution in [0.1, 0.15) is 19.4 Å². The molecule has 4 N–H and O–H groups in total. The maximum absolute atomic E-state index is 13.9. The Morgan fingerprint density at radius 3 is 2.23 bits per heavy atom. The van der Waals surface area contributed by atoms with Crippen LogP contribution in [0.2, 0.25) is 10.0 Å². The van der Waals surface area contributed by atoms with E-state index in [1.54, 1.807) is 13.8 Å². The number of carbonyl (C=O) groups is 3. The van der Waals surface area contributed by atoms with E-state index in [0.29, 0.717) is 0 Å². The molecule has 12 nitrogen and oxygen atoms in total. The molecule has 0 saturated heterocycles. The van der Waals surface area contributed by atoms with Crippen molar-refractivity contribution in [2.24, 2.45) is 5.73 Å². The minimum atomic E-state index is -4.35. The van der Waals surface area contributed by atoms with Crippen LogP contribution in [0.4, 0.5) is 13.6 Å². The van der Waals surface area contributed by atoms with E-state index in [1.807, 2.05) is 0 Å². The van der Waals surface area contributed by atoms with E-state index in [4.69, 9.17) is 43.1 Å². The maximum Gasteiger partial charge on any atom is 0.405 e. The van der Waals surface area contributed by atoms with E-state index < -0.39 is 64.5 Å². The van der Waals surface area contributed by atoms with Gasteiger partial charge in [-0.15, -0.1) is 0 Å². The van der Waals surface area contributed by atoms with Crippen LogP contribution in [0.25, 0.3) is 0 Å². The van der Waals surface area contributed by atoms with Gasteiger partial charge >= 0.3 is 6.09 Å². The van der Waals surface area contributed by atoms with Gasteiger partial charge in [0.25, 0.3) is 5.91 Å². The minimum Gasteiger partial charge on any atom is -0.435 e. The van der Waals surface area contributed by atoms with Gasteiger partial charge in [0.05, 0.1) is 18.1 Å². The second kappa shape index (κ2) is 16.7. The van der Waals surface area contributed by atoms with Crippen molar-refractivity contribution in [2.75, 3.05) is 33.4 Å². The number of rotatable bonds is 16. The Balaban J connectivity index is 2.32. The summed E-state index contributed by atoms with van der Waals surface area (Å²) in [6.07, 6.45) is -4.40. The van der Waals surface area contributed by atoms with E-state index in [0.717, 1.165) is 18.2 Å². The molecule has 17 heteroatoms. The van der Waals surface area contributed by atoms with Gasteiger partial charge in [0.1, 0.15) is 10.9 Å². The summed E-state index contributed by atoms with van der Waals surface area (Å²) in [4.78, 5) is 39.1. The number of carbonyl (C=O) groups excluding carboxylic acids is 3. The number of nitrogens with zero attached hydrogens (tertiary/aromatic N) is 1. The number of nitrogens with one attached hydrogen (secondary N) is 2. The summed E-state index contributed by atoms with van der Waals surface area (Å²) < 4.78 is 70.9. The van der Waals surface area contributed by atoms with Crippen LogP contribution in [0.3, 0.4) is 0 Å². The van der Waals surface area contributed by atoms with Gasteiger partial charge in [-0.05, 0) is 49.7 Å². The second-order valence-corrected chi connectivity index (χ2v) is 11.5. The van der Waals surface area contributed by atoms with Gasteiger partial charge in [-0.25, -0.2) is 26.7 Å². The summed E-state index contributed by atoms with van der Waals surface area (Å²) in [5.74, 6) is -4.12. The molecular weight excluding hydrogens is 637 g/mol. The quantitative estimate of drug-likeness (QED) is 0.230. The number of ether oxygens (including phenoxy) is 3. The Kier molecular flexibility index (Phi) is 14.0. The van der Waals surface area contributed by atoms with Gasteiger partial charge in [0, 0.05) is 31.7 Å². The van der Waals surface area contributed by atoms with Gasteiger partial charge in [0.2, 0.25) is 15.9 Å². The molecule has 2 rings (SSSR count). The fourth-order valence-corrected chi connectivity index (χ4v) is 5.56. The third-order valence-electron chi connectivity index (χ3n) is 5.74. The van der Waals surface area contributed by atoms with Gasteiger partial charge < -0.3 is 30.2 Å². The standard InChI is InChI=1S/C26H32Cl2F2N4O8S/c1-4-40-23(41-5-2)14-34(3)25(36)20(11-15-6-8-18(29)19(30)10-15)33-24(35)21(42-26(31)37)13-32-43(38,39)22-9-7-16(27)12-17(22)28/h6-10,12,20-21,23,32H,4-5,11,13-14H2,1-3H3,(H2,31,37)(H,33,35). The third-order valence-corrected chi connectivity index (χ3v) is 7.88. The highest BCUT2D eigenvalue weighted by atomic mass is 35.5. The molecule has 43 heavy (non-hydrogen) atoms. The molecule has 0 aliphatic carbocycles. The average molecular weight is 670 g/mol. The number of sulfonamides is 1. The molecule has 2 unspecified atom stereocenters. The Labute approximate surface area is 257 Å². The lowest BCUT2D eigenvalue weighted by molar-refractivity contribution is -0.158. The molecule has 3 amide bonds. The molecule has 2 atom stereocenters. The van der Waals surface area contributed by atoms with E-state index in [2.05, 4.69) is 10.0 Å². The van der Waals surface area contributed by atoms with Gasteiger partial charge in [-0.1, -0.05) is 29.3 Å². The fourth-order valence-electron chi connectivity index (χ4n) is 3.76. The lowest BCUT2D eigenvalue weighted by atomic mass is 10.0. The van der Waals surface area contributed by atoms with Gasteiger partial charge in [-0.2, -0.15) is 0 Å². The molecule has 0 spiro atoms. The predicted octanol–water partition coefficient (Wildman–Crippen LogP) is 2.60. The molecule has 2 aromatic rings. The first-order valence-corrected chi connectivity index (χ1v) is 15.1. The number of likely N-dealkylation sites (N-methyl/N-ethyl adjacent to an activating group) is 1. The SMILES string of the molecule is CCOC(CN(C)C(=O)C(Cc1ccc(F)c(F)c1)NC(=O)C(CNS(=O)(=O)c1ccc(Cl)cc1Cl)OC(N)=O)OCC. The molecule has 238 valence electrons. The number of hydrogen-bond donors (Lipinski definition) is 3. The summed E-state index contributed by atoms with van der Waals surface area (Å²) in [7, 11) is -2.94. The topological polar surface area (TPSA) is 166 Å². The first-order valence-electron chi connectivity index (χ1n) is 12.8. The number of halogens is 4. The van der Waals surface area contributed by atoms with Crippen LogP contribution < -0.4 is 15.8 Å². The summed E-state index contributed by atoms with van der Waals surface area (Å²) >= 11 is 11.8. The van der Waals surface area contributed by atoms with Crippen LogP contribution in [0.5, 0.6) is 0 Å². The largest absolute Gasteiger partial charge is 0.435 e. The highest BCUT2D eigenvalue weighted by molar-refractivity contribution is 7.89. The molecular formula is C26H32Cl2F2N4O8S. The van der Waals surface area contributed by atoms with Crippen molar-refractivity contribution >= 4 is 51.1 Å². The van der Waals surface area contributed by atoms with Crippen LogP contribution in [0, 0.1) is 11.6 Å². The highest BCUT2D eigenvalue weighted by Gasteiger charge is 2.32. The second-order valence-electron chi connectivity index (χ2n) is 8.92. The zero-order valence-corrected chi connectivity index (χ0v) is 25.8. The van der Waals surface area contributed by atoms with Crippen LogP contribution >= 0.6 is 23.2 Å². The first-order chi connectivity index (χ1) is 20.2. The fraction of sp³-hybridized carbons (Fsp3) is 0.423. The van der Waals surface area contributed by atoms with E-state index in [1.165, 1.54) is 30.1 Å². The molecule has 0 heterocycles. The smallest absolute Gasteiger partial charge is 0.405 e. The third kappa shape index (κ3) is 11.2. The summed E-state index contributed by atoms with van der Waals surface area (Å²) in [6.45, 7) is 3.15. The van der Waals surface area contributed by atoms with Crippen molar-refractivity contribution in [3.63, 3.8) is 0 Å². The molecule has 0 bridgehead atoms.